The zero-order chi connectivity index (χ0) is 14.0. The van der Waals surface area contributed by atoms with Crippen LogP contribution in [0.3, 0.4) is 0 Å². The largest absolute Gasteiger partial charge is 0.350 e. The van der Waals surface area contributed by atoms with E-state index in [1.165, 1.54) is 10.1 Å². The maximum Gasteiger partial charge on any atom is 0.237 e. The SMILES string of the molecule is CC(C)(C)NC(=O)C(N)Cc1csc2ccccc12. The number of benzene rings is 1. The van der Waals surface area contributed by atoms with Gasteiger partial charge in [-0.2, -0.15) is 0 Å². The van der Waals surface area contributed by atoms with Crippen LogP contribution in [0.5, 0.6) is 0 Å². The van der Waals surface area contributed by atoms with Crippen molar-refractivity contribution in [3.05, 3.63) is 35.2 Å². The number of fused-ring (bicyclic) bond motifs is 1. The number of nitrogens with one attached hydrogen (secondary N) is 1. The third kappa shape index (κ3) is 3.55. The highest BCUT2D eigenvalue weighted by Crippen LogP contribution is 2.26. The van der Waals surface area contributed by atoms with Gasteiger partial charge >= 0.3 is 0 Å². The van der Waals surface area contributed by atoms with Crippen molar-refractivity contribution in [2.75, 3.05) is 0 Å². The number of hydrogen-bond donors (Lipinski definition) is 2. The van der Waals surface area contributed by atoms with Gasteiger partial charge in [0.05, 0.1) is 6.04 Å². The molecule has 0 saturated carbocycles. The first-order chi connectivity index (χ1) is 8.87. The quantitative estimate of drug-likeness (QED) is 0.905. The summed E-state index contributed by atoms with van der Waals surface area (Å²) in [5, 5.41) is 6.21. The lowest BCUT2D eigenvalue weighted by Crippen LogP contribution is -2.49. The molecule has 0 radical (unpaired) electrons. The van der Waals surface area contributed by atoms with Crippen molar-refractivity contribution in [3.8, 4) is 0 Å². The van der Waals surface area contributed by atoms with Crippen molar-refractivity contribution < 1.29 is 4.79 Å². The molecule has 0 saturated heterocycles. The van der Waals surface area contributed by atoms with E-state index in [-0.39, 0.29) is 11.4 Å². The number of amides is 1. The van der Waals surface area contributed by atoms with Gasteiger partial charge in [-0.25, -0.2) is 0 Å². The molecule has 1 heterocycles. The van der Waals surface area contributed by atoms with Gasteiger partial charge in [-0.3, -0.25) is 4.79 Å². The number of carbonyl (C=O) groups is 1. The van der Waals surface area contributed by atoms with Gasteiger partial charge in [0.25, 0.3) is 0 Å². The van der Waals surface area contributed by atoms with E-state index in [4.69, 9.17) is 5.73 Å². The van der Waals surface area contributed by atoms with E-state index in [0.717, 1.165) is 5.56 Å². The molecule has 2 rings (SSSR count). The van der Waals surface area contributed by atoms with E-state index in [0.29, 0.717) is 6.42 Å². The number of hydrogen-bond acceptors (Lipinski definition) is 3. The van der Waals surface area contributed by atoms with Crippen LogP contribution < -0.4 is 11.1 Å². The molecule has 1 aromatic heterocycles. The smallest absolute Gasteiger partial charge is 0.237 e. The third-order valence-electron chi connectivity index (χ3n) is 2.84. The van der Waals surface area contributed by atoms with Crippen LogP contribution >= 0.6 is 11.3 Å². The Bertz CT molecular complexity index is 583. The third-order valence-corrected chi connectivity index (χ3v) is 3.85. The second-order valence-electron chi connectivity index (χ2n) is 5.81. The molecule has 1 aromatic carbocycles. The Kier molecular flexibility index (Phi) is 3.92. The number of rotatable bonds is 3. The Balaban J connectivity index is 2.10. The summed E-state index contributed by atoms with van der Waals surface area (Å²) >= 11 is 1.69. The fourth-order valence-electron chi connectivity index (χ4n) is 1.98. The van der Waals surface area contributed by atoms with Gasteiger partial charge in [-0.05, 0) is 49.6 Å². The molecule has 1 unspecified atom stereocenters. The van der Waals surface area contributed by atoms with Crippen molar-refractivity contribution in [2.24, 2.45) is 5.73 Å². The molecule has 0 fully saturated rings. The van der Waals surface area contributed by atoms with Crippen LogP contribution in [0.15, 0.2) is 29.6 Å². The summed E-state index contributed by atoms with van der Waals surface area (Å²) in [5.41, 5.74) is 6.90. The van der Waals surface area contributed by atoms with Gasteiger partial charge in [0, 0.05) is 10.2 Å². The average molecular weight is 276 g/mol. The van der Waals surface area contributed by atoms with Gasteiger partial charge in [0.15, 0.2) is 0 Å². The summed E-state index contributed by atoms with van der Waals surface area (Å²) < 4.78 is 1.24. The van der Waals surface area contributed by atoms with Crippen LogP contribution in [0.25, 0.3) is 10.1 Å². The molecular weight excluding hydrogens is 256 g/mol. The Morgan fingerprint density at radius 3 is 2.74 bits per heavy atom. The normalized spacial score (nSPS) is 13.5. The second kappa shape index (κ2) is 5.31. The fourth-order valence-corrected chi connectivity index (χ4v) is 2.96. The van der Waals surface area contributed by atoms with Crippen LogP contribution in [0.4, 0.5) is 0 Å². The van der Waals surface area contributed by atoms with E-state index >= 15 is 0 Å². The Hall–Kier alpha value is -1.39. The average Bonchev–Trinajstić information content (AvgIpc) is 2.70. The molecule has 19 heavy (non-hydrogen) atoms. The monoisotopic (exact) mass is 276 g/mol. The number of nitrogens with two attached hydrogens (primary N) is 1. The zero-order valence-corrected chi connectivity index (χ0v) is 12.4. The summed E-state index contributed by atoms with van der Waals surface area (Å²) in [4.78, 5) is 12.0. The second-order valence-corrected chi connectivity index (χ2v) is 6.72. The summed E-state index contributed by atoms with van der Waals surface area (Å²) in [5.74, 6) is -0.0946. The predicted octanol–water partition coefficient (Wildman–Crippen LogP) is 2.69. The first kappa shape index (κ1) is 14.0. The minimum atomic E-state index is -0.503. The van der Waals surface area contributed by atoms with Crippen molar-refractivity contribution in [1.29, 1.82) is 0 Å². The Morgan fingerprint density at radius 2 is 2.05 bits per heavy atom. The van der Waals surface area contributed by atoms with Gasteiger partial charge in [-0.1, -0.05) is 18.2 Å². The lowest BCUT2D eigenvalue weighted by atomic mass is 10.0. The minimum absolute atomic E-state index is 0.0946. The zero-order valence-electron chi connectivity index (χ0n) is 11.6. The molecule has 0 spiro atoms. The fraction of sp³-hybridized carbons (Fsp3) is 0.400. The van der Waals surface area contributed by atoms with Gasteiger partial charge in [0.2, 0.25) is 5.91 Å². The standard InChI is InChI=1S/C15H20N2OS/c1-15(2,3)17-14(18)12(16)8-10-9-19-13-7-5-4-6-11(10)13/h4-7,9,12H,8,16H2,1-3H3,(H,17,18). The molecule has 102 valence electrons. The lowest BCUT2D eigenvalue weighted by molar-refractivity contribution is -0.123. The van der Waals surface area contributed by atoms with E-state index in [9.17, 15) is 4.79 Å². The summed E-state index contributed by atoms with van der Waals surface area (Å²) in [6, 6.07) is 7.70. The van der Waals surface area contributed by atoms with E-state index < -0.39 is 6.04 Å². The van der Waals surface area contributed by atoms with Gasteiger partial charge in [-0.15, -0.1) is 11.3 Å². The maximum atomic E-state index is 12.0. The lowest BCUT2D eigenvalue weighted by Gasteiger charge is -2.23. The molecule has 0 aliphatic heterocycles. The van der Waals surface area contributed by atoms with Crippen LogP contribution in [-0.4, -0.2) is 17.5 Å². The van der Waals surface area contributed by atoms with Crippen molar-refractivity contribution >= 4 is 27.3 Å². The number of carbonyl (C=O) groups excluding carboxylic acids is 1. The molecule has 0 aliphatic carbocycles. The molecular formula is C15H20N2OS. The van der Waals surface area contributed by atoms with E-state index in [2.05, 4.69) is 22.8 Å². The maximum absolute atomic E-state index is 12.0. The van der Waals surface area contributed by atoms with E-state index in [1.54, 1.807) is 11.3 Å². The summed E-state index contributed by atoms with van der Waals surface area (Å²) in [7, 11) is 0. The highest BCUT2D eigenvalue weighted by atomic mass is 32.1. The number of thiophene rings is 1. The van der Waals surface area contributed by atoms with Crippen LogP contribution in [0.1, 0.15) is 26.3 Å². The first-order valence-electron chi connectivity index (χ1n) is 6.39. The van der Waals surface area contributed by atoms with Crippen molar-refractivity contribution in [1.82, 2.24) is 5.32 Å². The Labute approximate surface area is 117 Å². The molecule has 4 heteroatoms. The van der Waals surface area contributed by atoms with Crippen LogP contribution in [0, 0.1) is 0 Å². The molecule has 0 bridgehead atoms. The predicted molar refractivity (Wildman–Crippen MR) is 81.4 cm³/mol. The Morgan fingerprint density at radius 1 is 1.37 bits per heavy atom. The molecule has 1 atom stereocenters. The summed E-state index contributed by atoms with van der Waals surface area (Å²) in [6.07, 6.45) is 0.575. The minimum Gasteiger partial charge on any atom is -0.350 e. The molecule has 1 amide bonds. The highest BCUT2D eigenvalue weighted by molar-refractivity contribution is 7.17. The van der Waals surface area contributed by atoms with Crippen LogP contribution in [0.2, 0.25) is 0 Å². The summed E-state index contributed by atoms with van der Waals surface area (Å²) in [6.45, 7) is 5.87. The topological polar surface area (TPSA) is 55.1 Å². The van der Waals surface area contributed by atoms with Crippen LogP contribution in [-0.2, 0) is 11.2 Å². The van der Waals surface area contributed by atoms with Crippen molar-refractivity contribution in [2.45, 2.75) is 38.8 Å². The van der Waals surface area contributed by atoms with E-state index in [1.807, 2.05) is 32.9 Å². The molecule has 0 aliphatic rings. The molecule has 2 aromatic rings. The highest BCUT2D eigenvalue weighted by Gasteiger charge is 2.20. The van der Waals surface area contributed by atoms with Crippen molar-refractivity contribution in [3.63, 3.8) is 0 Å². The molecule has 3 nitrogen and oxygen atoms in total. The van der Waals surface area contributed by atoms with Gasteiger partial charge in [0.1, 0.15) is 0 Å². The first-order valence-corrected chi connectivity index (χ1v) is 7.27. The molecule has 3 N–H and O–H groups in total. The van der Waals surface area contributed by atoms with Gasteiger partial charge < -0.3 is 11.1 Å².